The molecule has 0 aliphatic rings. The summed E-state index contributed by atoms with van der Waals surface area (Å²) < 4.78 is 13.2. The Balaban J connectivity index is 1.56. The van der Waals surface area contributed by atoms with E-state index in [1.807, 2.05) is 56.8 Å². The van der Waals surface area contributed by atoms with Crippen molar-refractivity contribution in [2.45, 2.75) is 52.0 Å². The van der Waals surface area contributed by atoms with Gasteiger partial charge >= 0.3 is 6.16 Å². The first-order chi connectivity index (χ1) is 16.8. The second kappa shape index (κ2) is 11.0. The summed E-state index contributed by atoms with van der Waals surface area (Å²) in [7, 11) is 0. The van der Waals surface area contributed by atoms with E-state index in [0.29, 0.717) is 5.75 Å². The van der Waals surface area contributed by atoms with E-state index in [9.17, 15) is 4.79 Å². The Labute approximate surface area is 211 Å². The van der Waals surface area contributed by atoms with Crippen LogP contribution in [0.15, 0.2) is 72.8 Å². The number of hydrogen-bond donors (Lipinski definition) is 0. The Hall–Kier alpha value is -3.25. The minimum absolute atomic E-state index is 0.477. The Kier molecular flexibility index (Phi) is 7.81. The summed E-state index contributed by atoms with van der Waals surface area (Å²) in [6, 6.07) is 24.2. The SMILES string of the molecule is CCCSCc1nc2ccccc2n1Cc1ccc(-c2ccccc2OC(=O)OC(C)(C)C)cc1. The zero-order chi connectivity index (χ0) is 24.8. The maximum atomic E-state index is 12.2. The van der Waals surface area contributed by atoms with Crippen LogP contribution < -0.4 is 4.74 Å². The van der Waals surface area contributed by atoms with Crippen LogP contribution >= 0.6 is 11.8 Å². The summed E-state index contributed by atoms with van der Waals surface area (Å²) in [5.74, 6) is 3.61. The van der Waals surface area contributed by atoms with Crippen LogP contribution in [0.3, 0.4) is 0 Å². The molecule has 3 aromatic carbocycles. The van der Waals surface area contributed by atoms with Crippen LogP contribution in [0.1, 0.15) is 45.5 Å². The van der Waals surface area contributed by atoms with E-state index in [1.54, 1.807) is 6.07 Å². The van der Waals surface area contributed by atoms with Crippen molar-refractivity contribution >= 4 is 29.0 Å². The van der Waals surface area contributed by atoms with Crippen molar-refractivity contribution in [2.75, 3.05) is 5.75 Å². The van der Waals surface area contributed by atoms with Crippen LogP contribution in [0, 0.1) is 0 Å². The van der Waals surface area contributed by atoms with E-state index in [2.05, 4.69) is 54.0 Å². The lowest BCUT2D eigenvalue weighted by molar-refractivity contribution is 0.0207. The Morgan fingerprint density at radius 1 is 0.971 bits per heavy atom. The molecule has 0 atom stereocenters. The average Bonchev–Trinajstić information content (AvgIpc) is 3.16. The number of imidazole rings is 1. The minimum atomic E-state index is -0.706. The molecular formula is C29H32N2O3S. The van der Waals surface area contributed by atoms with Gasteiger partial charge < -0.3 is 14.0 Å². The fourth-order valence-corrected chi connectivity index (χ4v) is 4.68. The van der Waals surface area contributed by atoms with Crippen molar-refractivity contribution in [1.82, 2.24) is 9.55 Å². The van der Waals surface area contributed by atoms with E-state index < -0.39 is 11.8 Å². The standard InChI is InChI=1S/C29H32N2O3S/c1-5-18-35-20-27-30-24-11-7-8-12-25(24)31(27)19-21-14-16-22(17-15-21)23-10-6-9-13-26(23)33-28(32)34-29(2,3)4/h6-17H,5,18-20H2,1-4H3. The Morgan fingerprint density at radius 2 is 1.69 bits per heavy atom. The lowest BCUT2D eigenvalue weighted by atomic mass is 10.0. The second-order valence-electron chi connectivity index (χ2n) is 9.42. The van der Waals surface area contributed by atoms with Gasteiger partial charge in [-0.05, 0) is 62.3 Å². The molecule has 0 amide bonds. The van der Waals surface area contributed by atoms with Gasteiger partial charge in [0.1, 0.15) is 17.2 Å². The lowest BCUT2D eigenvalue weighted by Gasteiger charge is -2.19. The van der Waals surface area contributed by atoms with Crippen LogP contribution in [-0.2, 0) is 17.0 Å². The first kappa shape index (κ1) is 24.9. The topological polar surface area (TPSA) is 53.4 Å². The van der Waals surface area contributed by atoms with Crippen molar-refractivity contribution in [3.05, 3.63) is 84.2 Å². The van der Waals surface area contributed by atoms with Crippen LogP contribution in [0.25, 0.3) is 22.2 Å². The number of thioether (sulfide) groups is 1. The smallest absolute Gasteiger partial charge is 0.428 e. The number of ether oxygens (including phenoxy) is 2. The molecule has 0 saturated heterocycles. The summed E-state index contributed by atoms with van der Waals surface area (Å²) in [6.45, 7) is 8.40. The maximum absolute atomic E-state index is 12.2. The van der Waals surface area contributed by atoms with E-state index in [4.69, 9.17) is 14.5 Å². The first-order valence-corrected chi connectivity index (χ1v) is 13.1. The third kappa shape index (κ3) is 6.45. The molecule has 4 aromatic rings. The third-order valence-electron chi connectivity index (χ3n) is 5.39. The Morgan fingerprint density at radius 3 is 2.43 bits per heavy atom. The predicted octanol–water partition coefficient (Wildman–Crippen LogP) is 7.71. The van der Waals surface area contributed by atoms with Gasteiger partial charge in [0.15, 0.2) is 0 Å². The van der Waals surface area contributed by atoms with Crippen LogP contribution in [0.2, 0.25) is 0 Å². The first-order valence-electron chi connectivity index (χ1n) is 11.9. The van der Waals surface area contributed by atoms with Gasteiger partial charge in [-0.15, -0.1) is 0 Å². The van der Waals surface area contributed by atoms with Gasteiger partial charge in [-0.1, -0.05) is 61.5 Å². The maximum Gasteiger partial charge on any atom is 0.514 e. The number of para-hydroxylation sites is 3. The number of benzene rings is 3. The molecule has 0 fully saturated rings. The number of rotatable bonds is 8. The van der Waals surface area contributed by atoms with Gasteiger partial charge in [0.2, 0.25) is 0 Å². The Bertz CT molecular complexity index is 1290. The van der Waals surface area contributed by atoms with Crippen LogP contribution in [0.5, 0.6) is 5.75 Å². The van der Waals surface area contributed by atoms with Crippen LogP contribution in [-0.4, -0.2) is 27.1 Å². The highest BCUT2D eigenvalue weighted by Crippen LogP contribution is 2.31. The van der Waals surface area contributed by atoms with Crippen LogP contribution in [0.4, 0.5) is 4.79 Å². The molecule has 0 unspecified atom stereocenters. The van der Waals surface area contributed by atoms with E-state index in [1.165, 1.54) is 5.56 Å². The molecule has 6 heteroatoms. The summed E-state index contributed by atoms with van der Waals surface area (Å²) in [6.07, 6.45) is 0.452. The number of aromatic nitrogens is 2. The number of carbonyl (C=O) groups excluding carboxylic acids is 1. The summed E-state index contributed by atoms with van der Waals surface area (Å²) in [5, 5.41) is 0. The second-order valence-corrected chi connectivity index (χ2v) is 10.5. The molecule has 4 rings (SSSR count). The molecule has 0 N–H and O–H groups in total. The van der Waals surface area contributed by atoms with E-state index >= 15 is 0 Å². The summed E-state index contributed by atoms with van der Waals surface area (Å²) >= 11 is 1.92. The van der Waals surface area contributed by atoms with E-state index in [-0.39, 0.29) is 0 Å². The average molecular weight is 489 g/mol. The molecule has 1 aromatic heterocycles. The third-order valence-corrected chi connectivity index (χ3v) is 6.55. The van der Waals surface area contributed by atoms with Crippen molar-refractivity contribution in [3.63, 3.8) is 0 Å². The van der Waals surface area contributed by atoms with E-state index in [0.717, 1.165) is 52.5 Å². The fraction of sp³-hybridized carbons (Fsp3) is 0.310. The number of fused-ring (bicyclic) bond motifs is 1. The van der Waals surface area contributed by atoms with Gasteiger partial charge in [0.05, 0.1) is 16.8 Å². The molecule has 0 aliphatic carbocycles. The van der Waals surface area contributed by atoms with Gasteiger partial charge in [-0.2, -0.15) is 11.8 Å². The van der Waals surface area contributed by atoms with Gasteiger partial charge in [-0.3, -0.25) is 0 Å². The van der Waals surface area contributed by atoms with Gasteiger partial charge in [0, 0.05) is 12.1 Å². The van der Waals surface area contributed by atoms with Crippen molar-refractivity contribution in [3.8, 4) is 16.9 Å². The highest BCUT2D eigenvalue weighted by atomic mass is 32.2. The number of hydrogen-bond acceptors (Lipinski definition) is 5. The zero-order valence-corrected chi connectivity index (χ0v) is 21.6. The highest BCUT2D eigenvalue weighted by molar-refractivity contribution is 7.98. The van der Waals surface area contributed by atoms with Crippen molar-refractivity contribution in [2.24, 2.45) is 0 Å². The fourth-order valence-electron chi connectivity index (χ4n) is 3.85. The molecule has 35 heavy (non-hydrogen) atoms. The van der Waals surface area contributed by atoms with Gasteiger partial charge in [0.25, 0.3) is 0 Å². The number of nitrogens with zero attached hydrogens (tertiary/aromatic N) is 2. The molecule has 0 aliphatic heterocycles. The molecule has 0 spiro atoms. The number of carbonyl (C=O) groups is 1. The summed E-state index contributed by atoms with van der Waals surface area (Å²) in [5.41, 5.74) is 4.57. The molecule has 0 radical (unpaired) electrons. The largest absolute Gasteiger partial charge is 0.514 e. The molecule has 0 saturated carbocycles. The normalized spacial score (nSPS) is 11.5. The lowest BCUT2D eigenvalue weighted by Crippen LogP contribution is -2.26. The minimum Gasteiger partial charge on any atom is -0.428 e. The quantitative estimate of drug-likeness (QED) is 0.144. The molecule has 1 heterocycles. The molecular weight excluding hydrogens is 456 g/mol. The summed E-state index contributed by atoms with van der Waals surface area (Å²) in [4.78, 5) is 17.1. The monoisotopic (exact) mass is 488 g/mol. The van der Waals surface area contributed by atoms with Gasteiger partial charge in [-0.25, -0.2) is 9.78 Å². The zero-order valence-electron chi connectivity index (χ0n) is 20.8. The molecule has 182 valence electrons. The predicted molar refractivity (Wildman–Crippen MR) is 144 cm³/mol. The molecule has 5 nitrogen and oxygen atoms in total. The van der Waals surface area contributed by atoms with Crippen molar-refractivity contribution < 1.29 is 14.3 Å². The van der Waals surface area contributed by atoms with Crippen molar-refractivity contribution in [1.29, 1.82) is 0 Å². The highest BCUT2D eigenvalue weighted by Gasteiger charge is 2.19. The molecule has 0 bridgehead atoms.